The van der Waals surface area contributed by atoms with Gasteiger partial charge in [0.2, 0.25) is 0 Å². The molecule has 9 nitrogen and oxygen atoms in total. The van der Waals surface area contributed by atoms with Gasteiger partial charge >= 0.3 is 0 Å². The van der Waals surface area contributed by atoms with Crippen molar-refractivity contribution in [3.63, 3.8) is 0 Å². The number of nitrogens with one attached hydrogen (secondary N) is 1. The van der Waals surface area contributed by atoms with Crippen molar-refractivity contribution in [2.45, 2.75) is 43.0 Å². The van der Waals surface area contributed by atoms with Crippen molar-refractivity contribution in [2.24, 2.45) is 5.92 Å². The van der Waals surface area contributed by atoms with E-state index in [0.29, 0.717) is 24.3 Å². The first kappa shape index (κ1) is 31.6. The Morgan fingerprint density at radius 1 is 0.886 bits per heavy atom. The highest BCUT2D eigenvalue weighted by molar-refractivity contribution is 7.92. The Kier molecular flexibility index (Phi) is 10.00. The number of aliphatic hydroxyl groups is 2. The van der Waals surface area contributed by atoms with Crippen molar-refractivity contribution in [3.8, 4) is 5.75 Å². The van der Waals surface area contributed by atoms with Gasteiger partial charge in [-0.1, -0.05) is 73.7 Å². The second-order valence-corrected chi connectivity index (χ2v) is 12.9. The molecule has 0 aliphatic carbocycles. The molecule has 1 heterocycles. The summed E-state index contributed by atoms with van der Waals surface area (Å²) in [6.07, 6.45) is -2.14. The molecule has 1 fully saturated rings. The van der Waals surface area contributed by atoms with Gasteiger partial charge in [0.05, 0.1) is 29.8 Å². The summed E-state index contributed by atoms with van der Waals surface area (Å²) in [7, 11) is -1.83. The molecule has 4 aromatic carbocycles. The van der Waals surface area contributed by atoms with Crippen LogP contribution in [0, 0.1) is 5.92 Å². The summed E-state index contributed by atoms with van der Waals surface area (Å²) in [5, 5.41) is 30.1. The predicted molar refractivity (Wildman–Crippen MR) is 167 cm³/mol. The lowest BCUT2D eigenvalue weighted by Gasteiger charge is -2.42. The zero-order chi connectivity index (χ0) is 31.3. The molecule has 44 heavy (non-hydrogen) atoms. The fourth-order valence-corrected chi connectivity index (χ4v) is 6.44. The number of hydrogen-bond donors (Lipinski definition) is 4. The summed E-state index contributed by atoms with van der Waals surface area (Å²) in [6, 6.07) is 29.3. The van der Waals surface area contributed by atoms with E-state index >= 15 is 0 Å². The molecular weight excluding hydrogens is 580 g/mol. The molecule has 5 unspecified atom stereocenters. The van der Waals surface area contributed by atoms with E-state index in [1.165, 1.54) is 12.1 Å². The Balaban J connectivity index is 1.34. The lowest BCUT2D eigenvalue weighted by atomic mass is 9.90. The Morgan fingerprint density at radius 3 is 2.23 bits per heavy atom. The highest BCUT2D eigenvalue weighted by Gasteiger charge is 2.39. The van der Waals surface area contributed by atoms with Crippen LogP contribution in [0.15, 0.2) is 108 Å². The first-order valence-electron chi connectivity index (χ1n) is 14.5. The summed E-state index contributed by atoms with van der Waals surface area (Å²) in [6.45, 7) is 2.83. The predicted octanol–water partition coefficient (Wildman–Crippen LogP) is 5.14. The standard InChI is InChI=1S/C34H38N2O7S/c1-23-32(21-36(2)20-31(39)27-7-6-8-29(38)19-27)42-34(43-33(23)25-13-11-24(22-37)12-14-25)26-15-17-28(18-16-26)35-44(40,41)30-9-4-3-5-10-30/h3-19,23,31-35,37-39H,20-22H2,1-2H3. The van der Waals surface area contributed by atoms with E-state index in [1.807, 2.05) is 36.2 Å². The van der Waals surface area contributed by atoms with Crippen LogP contribution in [0.3, 0.4) is 0 Å². The SMILES string of the molecule is CC1C(CN(C)CC(O)c2cccc(O)c2)OC(c2ccc(NS(=O)(=O)c3ccccc3)cc2)OC1c1ccc(CO)cc1. The van der Waals surface area contributed by atoms with E-state index in [4.69, 9.17) is 9.47 Å². The van der Waals surface area contributed by atoms with Crippen molar-refractivity contribution < 1.29 is 33.2 Å². The number of nitrogens with zero attached hydrogens (tertiary/aromatic N) is 1. The first-order valence-corrected chi connectivity index (χ1v) is 16.0. The molecule has 0 saturated carbocycles. The molecule has 4 N–H and O–H groups in total. The van der Waals surface area contributed by atoms with Crippen molar-refractivity contribution in [2.75, 3.05) is 24.9 Å². The molecule has 0 bridgehead atoms. The summed E-state index contributed by atoms with van der Waals surface area (Å²) in [5.41, 5.74) is 3.51. The molecule has 10 heteroatoms. The Bertz CT molecular complexity index is 1620. The number of phenols is 1. The van der Waals surface area contributed by atoms with Crippen LogP contribution < -0.4 is 4.72 Å². The molecule has 4 aromatic rings. The highest BCUT2D eigenvalue weighted by Crippen LogP contribution is 2.42. The summed E-state index contributed by atoms with van der Waals surface area (Å²) in [5.74, 6) is 0.0333. The Hall–Kier alpha value is -3.77. The molecule has 1 saturated heterocycles. The van der Waals surface area contributed by atoms with Gasteiger partial charge in [0.1, 0.15) is 5.75 Å². The van der Waals surface area contributed by atoms with Crippen molar-refractivity contribution in [1.82, 2.24) is 4.90 Å². The second-order valence-electron chi connectivity index (χ2n) is 11.2. The number of likely N-dealkylation sites (N-methyl/N-ethyl adjacent to an activating group) is 1. The van der Waals surface area contributed by atoms with Gasteiger partial charge in [-0.05, 0) is 60.1 Å². The van der Waals surface area contributed by atoms with Gasteiger partial charge < -0.3 is 29.7 Å². The van der Waals surface area contributed by atoms with Gasteiger partial charge in [0, 0.05) is 30.3 Å². The summed E-state index contributed by atoms with van der Waals surface area (Å²) >= 11 is 0. The smallest absolute Gasteiger partial charge is 0.261 e. The third-order valence-electron chi connectivity index (χ3n) is 7.84. The van der Waals surface area contributed by atoms with E-state index in [2.05, 4.69) is 11.6 Å². The lowest BCUT2D eigenvalue weighted by molar-refractivity contribution is -0.276. The number of phenolic OH excluding ortho intramolecular Hbond substituents is 1. The average Bonchev–Trinajstić information content (AvgIpc) is 3.03. The molecule has 5 atom stereocenters. The van der Waals surface area contributed by atoms with Crippen LogP contribution in [0.5, 0.6) is 5.75 Å². The molecule has 0 spiro atoms. The third-order valence-corrected chi connectivity index (χ3v) is 9.24. The number of anilines is 1. The Labute approximate surface area is 258 Å². The largest absolute Gasteiger partial charge is 0.508 e. The zero-order valence-electron chi connectivity index (χ0n) is 24.7. The van der Waals surface area contributed by atoms with E-state index in [-0.39, 0.29) is 35.4 Å². The lowest BCUT2D eigenvalue weighted by Crippen LogP contribution is -2.44. The minimum absolute atomic E-state index is 0.0532. The van der Waals surface area contributed by atoms with Crippen LogP contribution in [0.4, 0.5) is 5.69 Å². The van der Waals surface area contributed by atoms with Gasteiger partial charge in [0.25, 0.3) is 10.0 Å². The molecule has 1 aliphatic heterocycles. The molecule has 0 amide bonds. The molecule has 5 rings (SSSR count). The van der Waals surface area contributed by atoms with Crippen molar-refractivity contribution >= 4 is 15.7 Å². The van der Waals surface area contributed by atoms with E-state index < -0.39 is 22.4 Å². The number of benzene rings is 4. The average molecular weight is 619 g/mol. The fourth-order valence-electron chi connectivity index (χ4n) is 5.36. The second kappa shape index (κ2) is 13.9. The van der Waals surface area contributed by atoms with Gasteiger partial charge in [-0.15, -0.1) is 0 Å². The van der Waals surface area contributed by atoms with Crippen molar-refractivity contribution in [1.29, 1.82) is 0 Å². The van der Waals surface area contributed by atoms with Gasteiger partial charge in [-0.2, -0.15) is 0 Å². The van der Waals surface area contributed by atoms with Gasteiger partial charge in [0.15, 0.2) is 6.29 Å². The van der Waals surface area contributed by atoms with Crippen LogP contribution in [0.25, 0.3) is 0 Å². The van der Waals surface area contributed by atoms with E-state index in [0.717, 1.165) is 16.7 Å². The maximum atomic E-state index is 12.8. The van der Waals surface area contributed by atoms with Crippen LogP contribution in [-0.4, -0.2) is 54.9 Å². The van der Waals surface area contributed by atoms with Crippen molar-refractivity contribution in [3.05, 3.63) is 125 Å². The van der Waals surface area contributed by atoms with Crippen LogP contribution >= 0.6 is 0 Å². The number of sulfonamides is 1. The van der Waals surface area contributed by atoms with Gasteiger partial charge in [-0.3, -0.25) is 4.72 Å². The van der Waals surface area contributed by atoms with Crippen LogP contribution in [0.1, 0.15) is 47.7 Å². The molecule has 232 valence electrons. The fraction of sp³-hybridized carbons (Fsp3) is 0.294. The number of ether oxygens (including phenoxy) is 2. The molecule has 0 aromatic heterocycles. The number of hydrogen-bond acceptors (Lipinski definition) is 8. The minimum atomic E-state index is -3.73. The maximum absolute atomic E-state index is 12.8. The molecular formula is C34H38N2O7S. The minimum Gasteiger partial charge on any atom is -0.508 e. The number of aromatic hydroxyl groups is 1. The van der Waals surface area contributed by atoms with Crippen LogP contribution in [0.2, 0.25) is 0 Å². The zero-order valence-corrected chi connectivity index (χ0v) is 25.5. The molecule has 1 aliphatic rings. The topological polar surface area (TPSA) is 129 Å². The normalized spacial score (nSPS) is 21.2. The maximum Gasteiger partial charge on any atom is 0.261 e. The Morgan fingerprint density at radius 2 is 1.57 bits per heavy atom. The summed E-state index contributed by atoms with van der Waals surface area (Å²) in [4.78, 5) is 2.17. The van der Waals surface area contributed by atoms with Gasteiger partial charge in [-0.25, -0.2) is 8.42 Å². The molecule has 0 radical (unpaired) electrons. The number of rotatable bonds is 11. The third kappa shape index (κ3) is 7.65. The van der Waals surface area contributed by atoms with E-state index in [9.17, 15) is 23.7 Å². The van der Waals surface area contributed by atoms with Crippen LogP contribution in [-0.2, 0) is 26.1 Å². The monoisotopic (exact) mass is 618 g/mol. The highest BCUT2D eigenvalue weighted by atomic mass is 32.2. The number of aliphatic hydroxyl groups excluding tert-OH is 2. The quantitative estimate of drug-likeness (QED) is 0.182. The summed E-state index contributed by atoms with van der Waals surface area (Å²) < 4.78 is 41.2. The first-order chi connectivity index (χ1) is 21.1. The van der Waals surface area contributed by atoms with E-state index in [1.54, 1.807) is 66.7 Å².